The molecule has 0 atom stereocenters. The molecule has 0 fully saturated rings. The van der Waals surface area contributed by atoms with Crippen LogP contribution in [0.5, 0.6) is 0 Å². The minimum absolute atomic E-state index is 0.148. The number of hydrogen-bond donors (Lipinski definition) is 0. The fourth-order valence-electron chi connectivity index (χ4n) is 1.36. The van der Waals surface area contributed by atoms with E-state index >= 15 is 0 Å². The van der Waals surface area contributed by atoms with Crippen molar-refractivity contribution in [3.63, 3.8) is 0 Å². The summed E-state index contributed by atoms with van der Waals surface area (Å²) >= 11 is 11.6. The summed E-state index contributed by atoms with van der Waals surface area (Å²) in [6.45, 7) is 3.60. The molecule has 0 aromatic heterocycles. The minimum atomic E-state index is -0.588. The van der Waals surface area contributed by atoms with E-state index in [1.165, 1.54) is 23.1 Å². The third kappa shape index (κ3) is 3.58. The third-order valence-corrected chi connectivity index (χ3v) is 3.75. The van der Waals surface area contributed by atoms with Crippen LogP contribution in [0.2, 0.25) is 5.02 Å². The van der Waals surface area contributed by atoms with Gasteiger partial charge in [-0.3, -0.25) is 14.9 Å². The molecule has 7 heteroatoms. The van der Waals surface area contributed by atoms with E-state index in [-0.39, 0.29) is 28.1 Å². The van der Waals surface area contributed by atoms with Crippen LogP contribution in [-0.4, -0.2) is 34.2 Å². The van der Waals surface area contributed by atoms with Crippen molar-refractivity contribution in [2.24, 2.45) is 0 Å². The quantitative estimate of drug-likeness (QED) is 0.487. The molecule has 0 bridgehead atoms. The first-order valence-electron chi connectivity index (χ1n) is 5.48. The van der Waals surface area contributed by atoms with Gasteiger partial charge in [0.2, 0.25) is 0 Å². The zero-order chi connectivity index (χ0) is 14.8. The lowest BCUT2D eigenvalue weighted by Crippen LogP contribution is -2.46. The summed E-state index contributed by atoms with van der Waals surface area (Å²) in [5, 5.41) is 10.9. The van der Waals surface area contributed by atoms with Crippen LogP contribution in [0.3, 0.4) is 0 Å². The van der Waals surface area contributed by atoms with Crippen molar-refractivity contribution in [1.82, 2.24) is 4.90 Å². The number of nitro benzene ring substituents is 1. The molecule has 0 N–H and O–H groups in total. The summed E-state index contributed by atoms with van der Waals surface area (Å²) in [5.41, 5.74) is -0.608. The fraction of sp³-hybridized carbons (Fsp3) is 0.417. The normalized spacial score (nSPS) is 11.2. The second-order valence-corrected chi connectivity index (χ2v) is 5.47. The lowest BCUT2D eigenvalue weighted by Gasteiger charge is -2.33. The first-order chi connectivity index (χ1) is 8.69. The van der Waals surface area contributed by atoms with Crippen molar-refractivity contribution >= 4 is 34.8 Å². The molecule has 1 aromatic carbocycles. The number of benzene rings is 1. The van der Waals surface area contributed by atoms with Crippen molar-refractivity contribution in [3.05, 3.63) is 38.9 Å². The van der Waals surface area contributed by atoms with Gasteiger partial charge >= 0.3 is 0 Å². The molecule has 19 heavy (non-hydrogen) atoms. The largest absolute Gasteiger partial charge is 0.335 e. The second-order valence-electron chi connectivity index (χ2n) is 4.77. The molecule has 0 saturated heterocycles. The van der Waals surface area contributed by atoms with Gasteiger partial charge in [-0.2, -0.15) is 0 Å². The Morgan fingerprint density at radius 2 is 2.00 bits per heavy atom. The smallest absolute Gasteiger partial charge is 0.271 e. The number of carbonyl (C=O) groups excluding carboxylic acids is 1. The van der Waals surface area contributed by atoms with E-state index in [9.17, 15) is 14.9 Å². The Morgan fingerprint density at radius 1 is 1.42 bits per heavy atom. The highest BCUT2D eigenvalue weighted by atomic mass is 35.5. The SMILES string of the molecule is CN(C(=O)c1cc(Cl)cc([N+](=O)[O-])c1)C(C)(C)CCl. The molecule has 0 spiro atoms. The Morgan fingerprint density at radius 3 is 2.47 bits per heavy atom. The molecule has 104 valence electrons. The molecule has 5 nitrogen and oxygen atoms in total. The highest BCUT2D eigenvalue weighted by Crippen LogP contribution is 2.24. The minimum Gasteiger partial charge on any atom is -0.335 e. The molecule has 0 aliphatic carbocycles. The number of amides is 1. The van der Waals surface area contributed by atoms with E-state index in [0.29, 0.717) is 0 Å². The Balaban J connectivity index is 3.16. The van der Waals surface area contributed by atoms with Crippen LogP contribution in [0, 0.1) is 10.1 Å². The molecule has 0 aliphatic rings. The number of hydrogen-bond acceptors (Lipinski definition) is 3. The van der Waals surface area contributed by atoms with Crippen LogP contribution in [0.4, 0.5) is 5.69 Å². The average Bonchev–Trinajstić information content (AvgIpc) is 2.36. The van der Waals surface area contributed by atoms with Crippen molar-refractivity contribution in [2.45, 2.75) is 19.4 Å². The Kier molecular flexibility index (Phi) is 4.76. The first kappa shape index (κ1) is 15.7. The zero-order valence-electron chi connectivity index (χ0n) is 10.8. The highest BCUT2D eigenvalue weighted by Gasteiger charge is 2.28. The van der Waals surface area contributed by atoms with E-state index in [4.69, 9.17) is 23.2 Å². The lowest BCUT2D eigenvalue weighted by molar-refractivity contribution is -0.384. The van der Waals surface area contributed by atoms with E-state index < -0.39 is 10.5 Å². The van der Waals surface area contributed by atoms with Crippen LogP contribution < -0.4 is 0 Å². The topological polar surface area (TPSA) is 63.5 Å². The molecule has 0 saturated carbocycles. The van der Waals surface area contributed by atoms with Crippen LogP contribution in [0.25, 0.3) is 0 Å². The monoisotopic (exact) mass is 304 g/mol. The Hall–Kier alpha value is -1.33. The fourth-order valence-corrected chi connectivity index (χ4v) is 1.77. The molecule has 0 unspecified atom stereocenters. The predicted molar refractivity (Wildman–Crippen MR) is 75.0 cm³/mol. The molecular formula is C12H14Cl2N2O3. The van der Waals surface area contributed by atoms with Crippen LogP contribution in [0.15, 0.2) is 18.2 Å². The van der Waals surface area contributed by atoms with Crippen LogP contribution in [0.1, 0.15) is 24.2 Å². The van der Waals surface area contributed by atoms with Crippen molar-refractivity contribution in [2.75, 3.05) is 12.9 Å². The number of non-ortho nitro benzene ring substituents is 1. The molecule has 0 radical (unpaired) electrons. The maximum absolute atomic E-state index is 12.3. The maximum atomic E-state index is 12.3. The van der Waals surface area contributed by atoms with Gasteiger partial charge < -0.3 is 4.90 Å². The molecule has 1 amide bonds. The molecular weight excluding hydrogens is 291 g/mol. The summed E-state index contributed by atoms with van der Waals surface area (Å²) < 4.78 is 0. The van der Waals surface area contributed by atoms with E-state index in [0.717, 1.165) is 0 Å². The van der Waals surface area contributed by atoms with Gasteiger partial charge in [0.05, 0.1) is 10.5 Å². The number of alkyl halides is 1. The maximum Gasteiger partial charge on any atom is 0.271 e. The number of halogens is 2. The van der Waals surface area contributed by atoms with Gasteiger partial charge in [-0.25, -0.2) is 0 Å². The van der Waals surface area contributed by atoms with Gasteiger partial charge in [0, 0.05) is 35.6 Å². The molecule has 1 aromatic rings. The van der Waals surface area contributed by atoms with Crippen molar-refractivity contribution < 1.29 is 9.72 Å². The standard InChI is InChI=1S/C12H14Cl2N2O3/c1-12(2,7-13)15(3)11(17)8-4-9(14)6-10(5-8)16(18)19/h4-6H,7H2,1-3H3. The molecule has 1 rings (SSSR count). The Labute approximate surface area is 121 Å². The van der Waals surface area contributed by atoms with Gasteiger partial charge in [-0.15, -0.1) is 11.6 Å². The van der Waals surface area contributed by atoms with Crippen molar-refractivity contribution in [1.29, 1.82) is 0 Å². The number of nitro groups is 1. The van der Waals surface area contributed by atoms with Crippen LogP contribution in [-0.2, 0) is 0 Å². The summed E-state index contributed by atoms with van der Waals surface area (Å²) in [7, 11) is 1.59. The zero-order valence-corrected chi connectivity index (χ0v) is 12.3. The van der Waals surface area contributed by atoms with Gasteiger partial charge in [-0.05, 0) is 19.9 Å². The van der Waals surface area contributed by atoms with Gasteiger partial charge in [-0.1, -0.05) is 11.6 Å². The van der Waals surface area contributed by atoms with Gasteiger partial charge in [0.25, 0.3) is 11.6 Å². The third-order valence-electron chi connectivity index (χ3n) is 2.88. The number of rotatable bonds is 4. The summed E-state index contributed by atoms with van der Waals surface area (Å²) in [6, 6.07) is 3.80. The summed E-state index contributed by atoms with van der Waals surface area (Å²) in [6.07, 6.45) is 0. The molecule has 0 heterocycles. The number of carbonyl (C=O) groups is 1. The first-order valence-corrected chi connectivity index (χ1v) is 6.39. The predicted octanol–water partition coefficient (Wildman–Crippen LogP) is 3.34. The Bertz CT molecular complexity index is 518. The van der Waals surface area contributed by atoms with Crippen molar-refractivity contribution in [3.8, 4) is 0 Å². The van der Waals surface area contributed by atoms with Crippen LogP contribution >= 0.6 is 23.2 Å². The number of nitrogens with zero attached hydrogens (tertiary/aromatic N) is 2. The highest BCUT2D eigenvalue weighted by molar-refractivity contribution is 6.31. The lowest BCUT2D eigenvalue weighted by atomic mass is 10.0. The summed E-state index contributed by atoms with van der Waals surface area (Å²) in [4.78, 5) is 23.9. The van der Waals surface area contributed by atoms with E-state index in [1.54, 1.807) is 20.9 Å². The summed E-state index contributed by atoms with van der Waals surface area (Å²) in [5.74, 6) is -0.117. The van der Waals surface area contributed by atoms with Gasteiger partial charge in [0.1, 0.15) is 0 Å². The van der Waals surface area contributed by atoms with E-state index in [1.807, 2.05) is 0 Å². The average molecular weight is 305 g/mol. The molecule has 0 aliphatic heterocycles. The second kappa shape index (κ2) is 5.75. The van der Waals surface area contributed by atoms with Gasteiger partial charge in [0.15, 0.2) is 0 Å². The van der Waals surface area contributed by atoms with E-state index in [2.05, 4.69) is 0 Å².